The molecule has 0 unspecified atom stereocenters. The predicted molar refractivity (Wildman–Crippen MR) is 168 cm³/mol. The molecule has 47 heavy (non-hydrogen) atoms. The number of amides is 2. The average molecular weight is 695 g/mol. The van der Waals surface area contributed by atoms with Gasteiger partial charge < -0.3 is 15.1 Å². The van der Waals surface area contributed by atoms with Crippen molar-refractivity contribution in [3.8, 4) is 11.5 Å². The number of nitrogens with one attached hydrogen (secondary N) is 2. The number of halogens is 2. The van der Waals surface area contributed by atoms with E-state index in [4.69, 9.17) is 16.0 Å². The van der Waals surface area contributed by atoms with Crippen LogP contribution in [0.2, 0.25) is 5.02 Å². The molecule has 0 aliphatic rings. The molecule has 0 atom stereocenters. The summed E-state index contributed by atoms with van der Waals surface area (Å²) in [6.45, 7) is 0. The lowest BCUT2D eigenvalue weighted by molar-refractivity contribution is 0.101. The SMILES string of the molecule is O=C(Nc1ccn(S(=O)(=O)c2ccc(-c3cccc(C(=O)Nc4ccn(S(=O)(=O)c5cccc(Cl)c5F)c4)n3)o2)c1)c1ccccn1. The highest BCUT2D eigenvalue weighted by Crippen LogP contribution is 2.27. The van der Waals surface area contributed by atoms with Gasteiger partial charge in [-0.25, -0.2) is 25.7 Å². The van der Waals surface area contributed by atoms with E-state index < -0.39 is 47.7 Å². The first-order chi connectivity index (χ1) is 22.4. The molecule has 0 saturated carbocycles. The van der Waals surface area contributed by atoms with Gasteiger partial charge >= 0.3 is 10.0 Å². The fourth-order valence-electron chi connectivity index (χ4n) is 4.28. The summed E-state index contributed by atoms with van der Waals surface area (Å²) < 4.78 is 73.8. The highest BCUT2D eigenvalue weighted by atomic mass is 35.5. The molecule has 1 aromatic carbocycles. The minimum absolute atomic E-state index is 0.0369. The second-order valence-electron chi connectivity index (χ2n) is 9.67. The molecule has 0 fully saturated rings. The first kappa shape index (κ1) is 31.4. The van der Waals surface area contributed by atoms with E-state index in [1.807, 2.05) is 0 Å². The van der Waals surface area contributed by atoms with Crippen molar-refractivity contribution < 1.29 is 35.2 Å². The van der Waals surface area contributed by atoms with Crippen LogP contribution in [0.1, 0.15) is 21.0 Å². The summed E-state index contributed by atoms with van der Waals surface area (Å²) in [5.41, 5.74) is 0.465. The molecule has 2 N–H and O–H groups in total. The Morgan fingerprint density at radius 2 is 1.38 bits per heavy atom. The van der Waals surface area contributed by atoms with E-state index in [2.05, 4.69) is 20.6 Å². The van der Waals surface area contributed by atoms with Gasteiger partial charge in [0.15, 0.2) is 11.6 Å². The molecule has 2 amide bonds. The second kappa shape index (κ2) is 12.3. The number of furan rings is 1. The number of hydrogen-bond donors (Lipinski definition) is 2. The lowest BCUT2D eigenvalue weighted by Crippen LogP contribution is -2.15. The molecular formula is C30H20ClFN6O7S2. The van der Waals surface area contributed by atoms with E-state index >= 15 is 0 Å². The number of nitrogens with zero attached hydrogens (tertiary/aromatic N) is 4. The van der Waals surface area contributed by atoms with Crippen molar-refractivity contribution in [3.63, 3.8) is 0 Å². The van der Waals surface area contributed by atoms with Crippen molar-refractivity contribution in [1.82, 2.24) is 17.9 Å². The Labute approximate surface area is 271 Å². The first-order valence-electron chi connectivity index (χ1n) is 13.4. The number of rotatable bonds is 9. The zero-order valence-electron chi connectivity index (χ0n) is 23.6. The lowest BCUT2D eigenvalue weighted by atomic mass is 10.2. The van der Waals surface area contributed by atoms with Crippen LogP contribution in [0.5, 0.6) is 0 Å². The van der Waals surface area contributed by atoms with Crippen LogP contribution >= 0.6 is 11.6 Å². The van der Waals surface area contributed by atoms with E-state index in [-0.39, 0.29) is 39.2 Å². The molecule has 0 saturated heterocycles. The topological polar surface area (TPSA) is 175 Å². The normalized spacial score (nSPS) is 11.7. The van der Waals surface area contributed by atoms with Crippen LogP contribution in [0.4, 0.5) is 15.8 Å². The Bertz CT molecular complexity index is 2370. The van der Waals surface area contributed by atoms with Crippen LogP contribution < -0.4 is 10.6 Å². The first-order valence-corrected chi connectivity index (χ1v) is 16.6. The van der Waals surface area contributed by atoms with Gasteiger partial charge in [-0.2, -0.15) is 8.42 Å². The summed E-state index contributed by atoms with van der Waals surface area (Å²) in [7, 11) is -8.57. The van der Waals surface area contributed by atoms with Gasteiger partial charge in [0.2, 0.25) is 5.09 Å². The van der Waals surface area contributed by atoms with Gasteiger partial charge in [-0.1, -0.05) is 29.8 Å². The number of carbonyl (C=O) groups excluding carboxylic acids is 2. The van der Waals surface area contributed by atoms with Gasteiger partial charge in [0.05, 0.1) is 16.4 Å². The maximum Gasteiger partial charge on any atom is 0.301 e. The Hall–Kier alpha value is -5.58. The number of carbonyl (C=O) groups is 2. The minimum Gasteiger partial charge on any atom is -0.441 e. The van der Waals surface area contributed by atoms with E-state index in [0.717, 1.165) is 26.4 Å². The third-order valence-corrected chi connectivity index (χ3v) is 10.0. The van der Waals surface area contributed by atoms with Crippen LogP contribution in [0.15, 0.2) is 124 Å². The molecule has 0 spiro atoms. The number of aromatic nitrogens is 4. The largest absolute Gasteiger partial charge is 0.441 e. The number of benzene rings is 1. The summed E-state index contributed by atoms with van der Waals surface area (Å²) in [6, 6.07) is 18.0. The van der Waals surface area contributed by atoms with Gasteiger partial charge in [-0.3, -0.25) is 14.6 Å². The maximum absolute atomic E-state index is 14.4. The van der Waals surface area contributed by atoms with Crippen molar-refractivity contribution in [2.75, 3.05) is 10.6 Å². The Balaban J connectivity index is 1.16. The van der Waals surface area contributed by atoms with E-state index in [1.54, 1.807) is 12.1 Å². The second-order valence-corrected chi connectivity index (χ2v) is 13.7. The Kier molecular flexibility index (Phi) is 8.23. The average Bonchev–Trinajstić information content (AvgIpc) is 3.85. The van der Waals surface area contributed by atoms with Gasteiger partial charge in [0.1, 0.15) is 22.0 Å². The standard InChI is InChI=1S/C30H20ClFN6O7S2/c31-21-5-3-9-26(28(21)32)46(41,42)37-15-12-19(17-37)35-30(40)24-8-4-7-22(36-24)25-10-11-27(45-25)47(43,44)38-16-13-20(18-38)34-29(39)23-6-1-2-14-33-23/h1-18H,(H,34,39)(H,35,40). The zero-order chi connectivity index (χ0) is 33.3. The minimum atomic E-state index is -4.35. The molecule has 0 radical (unpaired) electrons. The van der Waals surface area contributed by atoms with Crippen LogP contribution in [-0.2, 0) is 20.0 Å². The molecule has 0 aliphatic heterocycles. The summed E-state index contributed by atoms with van der Waals surface area (Å²) >= 11 is 5.73. The van der Waals surface area contributed by atoms with Gasteiger partial charge in [-0.15, -0.1) is 0 Å². The Morgan fingerprint density at radius 3 is 2.06 bits per heavy atom. The zero-order valence-corrected chi connectivity index (χ0v) is 26.0. The molecule has 13 nitrogen and oxygen atoms in total. The summed E-state index contributed by atoms with van der Waals surface area (Å²) in [4.78, 5) is 32.9. The monoisotopic (exact) mass is 694 g/mol. The number of pyridine rings is 2. The highest BCUT2D eigenvalue weighted by Gasteiger charge is 2.25. The molecule has 6 aromatic rings. The van der Waals surface area contributed by atoms with Crippen molar-refractivity contribution in [2.45, 2.75) is 9.99 Å². The van der Waals surface area contributed by atoms with Crippen molar-refractivity contribution in [3.05, 3.63) is 132 Å². The summed E-state index contributed by atoms with van der Waals surface area (Å²) in [6.07, 6.45) is 6.10. The van der Waals surface area contributed by atoms with Crippen molar-refractivity contribution in [1.29, 1.82) is 0 Å². The summed E-state index contributed by atoms with van der Waals surface area (Å²) in [5.74, 6) is -2.31. The molecule has 5 heterocycles. The molecule has 17 heteroatoms. The third-order valence-electron chi connectivity index (χ3n) is 6.57. The molecule has 0 aliphatic carbocycles. The third kappa shape index (κ3) is 6.29. The van der Waals surface area contributed by atoms with E-state index in [9.17, 15) is 30.8 Å². The van der Waals surface area contributed by atoms with Gasteiger partial charge in [0, 0.05) is 31.0 Å². The fraction of sp³-hybridized carbons (Fsp3) is 0. The quantitative estimate of drug-likeness (QED) is 0.208. The predicted octanol–water partition coefficient (Wildman–Crippen LogP) is 5.11. The molecular weight excluding hydrogens is 675 g/mol. The van der Waals surface area contributed by atoms with E-state index in [1.165, 1.54) is 79.3 Å². The van der Waals surface area contributed by atoms with Crippen molar-refractivity contribution >= 4 is 54.8 Å². The van der Waals surface area contributed by atoms with Crippen molar-refractivity contribution in [2.24, 2.45) is 0 Å². The lowest BCUT2D eigenvalue weighted by Gasteiger charge is -2.08. The highest BCUT2D eigenvalue weighted by molar-refractivity contribution is 7.90. The molecule has 6 rings (SSSR count). The Morgan fingerprint density at radius 1 is 0.745 bits per heavy atom. The fourth-order valence-corrected chi connectivity index (χ4v) is 6.92. The van der Waals surface area contributed by atoms with Crippen LogP contribution in [-0.4, -0.2) is 46.6 Å². The molecule has 0 bridgehead atoms. The van der Waals surface area contributed by atoms with Crippen LogP contribution in [0.25, 0.3) is 11.5 Å². The summed E-state index contributed by atoms with van der Waals surface area (Å²) in [5, 5.41) is 4.29. The number of hydrogen-bond acceptors (Lipinski definition) is 9. The van der Waals surface area contributed by atoms with Crippen LogP contribution in [0.3, 0.4) is 0 Å². The smallest absolute Gasteiger partial charge is 0.301 e. The van der Waals surface area contributed by atoms with Gasteiger partial charge in [-0.05, 0) is 60.7 Å². The van der Waals surface area contributed by atoms with Gasteiger partial charge in [0.25, 0.3) is 21.8 Å². The maximum atomic E-state index is 14.4. The number of anilines is 2. The van der Waals surface area contributed by atoms with Crippen LogP contribution in [0, 0.1) is 5.82 Å². The van der Waals surface area contributed by atoms with E-state index in [0.29, 0.717) is 0 Å². The molecule has 5 aromatic heterocycles. The molecule has 238 valence electrons.